The van der Waals surface area contributed by atoms with Crippen molar-refractivity contribution in [2.75, 3.05) is 0 Å². The highest BCUT2D eigenvalue weighted by molar-refractivity contribution is 5.91. The van der Waals surface area contributed by atoms with Gasteiger partial charge in [-0.3, -0.25) is 4.79 Å². The molecular weight excluding hydrogens is 300 g/mol. The zero-order valence-electron chi connectivity index (χ0n) is 13.4. The topological polar surface area (TPSA) is 89.9 Å². The smallest absolute Gasteiger partial charge is 0.354 e. The Morgan fingerprint density at radius 3 is 2.43 bits per heavy atom. The number of aromatic carboxylic acids is 1. The van der Waals surface area contributed by atoms with Gasteiger partial charge in [-0.05, 0) is 25.0 Å². The van der Waals surface area contributed by atoms with Crippen LogP contribution in [0.1, 0.15) is 56.3 Å². The summed E-state index contributed by atoms with van der Waals surface area (Å²) in [5.41, 5.74) is -0.0429. The molecule has 0 amide bonds. The molecule has 0 aliphatic heterocycles. The van der Waals surface area contributed by atoms with Crippen LogP contribution in [-0.2, 0) is 14.3 Å². The molecule has 0 aromatic heterocycles. The van der Waals surface area contributed by atoms with Crippen LogP contribution in [0.3, 0.4) is 0 Å². The zero-order chi connectivity index (χ0) is 17.2. The first-order valence-electron chi connectivity index (χ1n) is 7.73. The Balaban J connectivity index is 2.80. The van der Waals surface area contributed by atoms with E-state index in [0.29, 0.717) is 19.3 Å². The number of hydrogen-bond acceptors (Lipinski definition) is 5. The molecule has 0 bridgehead atoms. The SMILES string of the molecule is CCCCC(=O)OC(=O)C(CCC)Oc1ccccc1C(=O)O. The number of rotatable bonds is 9. The van der Waals surface area contributed by atoms with E-state index in [1.54, 1.807) is 12.1 Å². The number of carbonyl (C=O) groups excluding carboxylic acids is 2. The van der Waals surface area contributed by atoms with E-state index in [0.717, 1.165) is 6.42 Å². The molecule has 1 atom stereocenters. The van der Waals surface area contributed by atoms with Crippen molar-refractivity contribution in [2.24, 2.45) is 0 Å². The molecular formula is C17H22O6. The lowest BCUT2D eigenvalue weighted by Gasteiger charge is -2.18. The van der Waals surface area contributed by atoms with Crippen molar-refractivity contribution in [1.82, 2.24) is 0 Å². The van der Waals surface area contributed by atoms with Gasteiger partial charge in [0.2, 0.25) is 0 Å². The standard InChI is InChI=1S/C17H22O6/c1-3-5-11-15(18)23-17(21)14(8-4-2)22-13-10-7-6-9-12(13)16(19)20/h6-7,9-10,14H,3-5,8,11H2,1-2H3,(H,19,20). The monoisotopic (exact) mass is 322 g/mol. The van der Waals surface area contributed by atoms with Gasteiger partial charge in [-0.1, -0.05) is 38.8 Å². The first kappa shape index (κ1) is 18.7. The maximum Gasteiger partial charge on any atom is 0.354 e. The summed E-state index contributed by atoms with van der Waals surface area (Å²) in [7, 11) is 0. The highest BCUT2D eigenvalue weighted by Gasteiger charge is 2.25. The third kappa shape index (κ3) is 6.10. The third-order valence-corrected chi connectivity index (χ3v) is 3.15. The summed E-state index contributed by atoms with van der Waals surface area (Å²) >= 11 is 0. The summed E-state index contributed by atoms with van der Waals surface area (Å²) in [6.45, 7) is 3.78. The van der Waals surface area contributed by atoms with Gasteiger partial charge in [0.25, 0.3) is 0 Å². The minimum atomic E-state index is -1.15. The Morgan fingerprint density at radius 2 is 1.83 bits per heavy atom. The second-order valence-corrected chi connectivity index (χ2v) is 5.09. The summed E-state index contributed by atoms with van der Waals surface area (Å²) in [5.74, 6) is -2.44. The van der Waals surface area contributed by atoms with E-state index >= 15 is 0 Å². The van der Waals surface area contributed by atoms with Gasteiger partial charge in [0.1, 0.15) is 11.3 Å². The molecule has 1 N–H and O–H groups in total. The van der Waals surface area contributed by atoms with Crippen molar-refractivity contribution in [3.63, 3.8) is 0 Å². The zero-order valence-corrected chi connectivity index (χ0v) is 13.4. The predicted octanol–water partition coefficient (Wildman–Crippen LogP) is 3.19. The number of unbranched alkanes of at least 4 members (excludes halogenated alkanes) is 1. The van der Waals surface area contributed by atoms with E-state index in [1.807, 2.05) is 13.8 Å². The summed E-state index contributed by atoms with van der Waals surface area (Å²) in [5, 5.41) is 9.14. The highest BCUT2D eigenvalue weighted by atomic mass is 16.6. The number of hydrogen-bond donors (Lipinski definition) is 1. The molecule has 0 radical (unpaired) electrons. The fourth-order valence-electron chi connectivity index (χ4n) is 1.94. The average Bonchev–Trinajstić information content (AvgIpc) is 2.52. The lowest BCUT2D eigenvalue weighted by Crippen LogP contribution is -2.31. The van der Waals surface area contributed by atoms with Crippen LogP contribution in [0.5, 0.6) is 5.75 Å². The Labute approximate surface area is 135 Å². The molecule has 0 spiro atoms. The number of benzene rings is 1. The van der Waals surface area contributed by atoms with E-state index in [2.05, 4.69) is 0 Å². The Morgan fingerprint density at radius 1 is 1.13 bits per heavy atom. The van der Waals surface area contributed by atoms with Crippen LogP contribution in [-0.4, -0.2) is 29.1 Å². The van der Waals surface area contributed by atoms with Crippen molar-refractivity contribution < 1.29 is 29.0 Å². The van der Waals surface area contributed by atoms with Gasteiger partial charge in [0.15, 0.2) is 6.10 Å². The molecule has 6 heteroatoms. The van der Waals surface area contributed by atoms with Gasteiger partial charge in [-0.25, -0.2) is 9.59 Å². The van der Waals surface area contributed by atoms with Gasteiger partial charge in [0, 0.05) is 6.42 Å². The maximum atomic E-state index is 12.1. The molecule has 126 valence electrons. The van der Waals surface area contributed by atoms with E-state index in [4.69, 9.17) is 14.6 Å². The van der Waals surface area contributed by atoms with Crippen LogP contribution in [0.2, 0.25) is 0 Å². The molecule has 0 saturated carbocycles. The first-order valence-corrected chi connectivity index (χ1v) is 7.73. The molecule has 1 unspecified atom stereocenters. The van der Waals surface area contributed by atoms with Crippen molar-refractivity contribution in [3.05, 3.63) is 29.8 Å². The minimum Gasteiger partial charge on any atom is -0.478 e. The quantitative estimate of drug-likeness (QED) is 0.554. The first-order chi connectivity index (χ1) is 11.0. The minimum absolute atomic E-state index is 0.0429. The third-order valence-electron chi connectivity index (χ3n) is 3.15. The Hall–Kier alpha value is -2.37. The normalized spacial score (nSPS) is 11.6. The van der Waals surface area contributed by atoms with E-state index in [-0.39, 0.29) is 17.7 Å². The number of ether oxygens (including phenoxy) is 2. The number of esters is 2. The summed E-state index contributed by atoms with van der Waals surface area (Å²) in [6, 6.07) is 6.04. The molecule has 1 aromatic rings. The van der Waals surface area contributed by atoms with Gasteiger partial charge in [-0.15, -0.1) is 0 Å². The van der Waals surface area contributed by atoms with E-state index in [9.17, 15) is 14.4 Å². The van der Waals surface area contributed by atoms with Gasteiger partial charge in [-0.2, -0.15) is 0 Å². The van der Waals surface area contributed by atoms with Gasteiger partial charge >= 0.3 is 17.9 Å². The van der Waals surface area contributed by atoms with Crippen LogP contribution >= 0.6 is 0 Å². The number of carboxylic acid groups (broad SMARTS) is 1. The molecule has 6 nitrogen and oxygen atoms in total. The number of carbonyl (C=O) groups is 3. The maximum absolute atomic E-state index is 12.1. The fraction of sp³-hybridized carbons (Fsp3) is 0.471. The lowest BCUT2D eigenvalue weighted by atomic mass is 10.1. The largest absolute Gasteiger partial charge is 0.478 e. The number of para-hydroxylation sites is 1. The average molecular weight is 322 g/mol. The van der Waals surface area contributed by atoms with Crippen LogP contribution in [0.25, 0.3) is 0 Å². The molecule has 0 fully saturated rings. The Kier molecular flexibility index (Phi) is 7.80. The van der Waals surface area contributed by atoms with Gasteiger partial charge in [0.05, 0.1) is 0 Å². The highest BCUT2D eigenvalue weighted by Crippen LogP contribution is 2.21. The molecule has 0 aliphatic carbocycles. The van der Waals surface area contributed by atoms with Crippen LogP contribution in [0.15, 0.2) is 24.3 Å². The van der Waals surface area contributed by atoms with Crippen molar-refractivity contribution >= 4 is 17.9 Å². The molecule has 0 heterocycles. The molecule has 1 rings (SSSR count). The fourth-order valence-corrected chi connectivity index (χ4v) is 1.94. The van der Waals surface area contributed by atoms with Crippen LogP contribution in [0, 0.1) is 0 Å². The van der Waals surface area contributed by atoms with Crippen molar-refractivity contribution in [2.45, 2.75) is 52.1 Å². The summed E-state index contributed by atoms with van der Waals surface area (Å²) < 4.78 is 10.3. The molecule has 0 saturated heterocycles. The number of carboxylic acids is 1. The second kappa shape index (κ2) is 9.61. The van der Waals surface area contributed by atoms with E-state index < -0.39 is 24.0 Å². The summed E-state index contributed by atoms with van der Waals surface area (Å²) in [4.78, 5) is 34.8. The molecule has 23 heavy (non-hydrogen) atoms. The Bertz CT molecular complexity index is 552. The van der Waals surface area contributed by atoms with Crippen LogP contribution < -0.4 is 4.74 Å². The summed E-state index contributed by atoms with van der Waals surface area (Å²) in [6.07, 6.45) is 1.59. The molecule has 1 aromatic carbocycles. The van der Waals surface area contributed by atoms with Gasteiger partial charge < -0.3 is 14.6 Å². The van der Waals surface area contributed by atoms with Crippen LogP contribution in [0.4, 0.5) is 0 Å². The second-order valence-electron chi connectivity index (χ2n) is 5.09. The lowest BCUT2D eigenvalue weighted by molar-refractivity contribution is -0.165. The van der Waals surface area contributed by atoms with Crippen molar-refractivity contribution in [3.8, 4) is 5.75 Å². The van der Waals surface area contributed by atoms with E-state index in [1.165, 1.54) is 12.1 Å². The van der Waals surface area contributed by atoms with Crippen molar-refractivity contribution in [1.29, 1.82) is 0 Å². The predicted molar refractivity (Wildman–Crippen MR) is 83.3 cm³/mol. The molecule has 0 aliphatic rings.